The summed E-state index contributed by atoms with van der Waals surface area (Å²) in [4.78, 5) is 21.0. The second-order valence-corrected chi connectivity index (χ2v) is 4.00. The molecule has 0 aliphatic heterocycles. The van der Waals surface area contributed by atoms with Crippen LogP contribution in [0.25, 0.3) is 0 Å². The summed E-state index contributed by atoms with van der Waals surface area (Å²) in [6, 6.07) is 0. The average Bonchev–Trinajstić information content (AvgIpc) is 1.79. The van der Waals surface area contributed by atoms with Gasteiger partial charge in [-0.2, -0.15) is 13.2 Å². The van der Waals surface area contributed by atoms with Gasteiger partial charge in [0.2, 0.25) is 0 Å². The number of esters is 2. The molecule has 0 amide bonds. The zero-order valence-electron chi connectivity index (χ0n) is 8.38. The average molecular weight is 271 g/mol. The quantitative estimate of drug-likeness (QED) is 0.416. The normalized spacial score (nSPS) is 11.6. The third kappa shape index (κ3) is 8.42. The summed E-state index contributed by atoms with van der Waals surface area (Å²) in [6.45, 7) is 4.94. The number of halogens is 3. The van der Waals surface area contributed by atoms with Crippen LogP contribution in [0.3, 0.4) is 0 Å². The van der Waals surface area contributed by atoms with Crippen molar-refractivity contribution in [1.82, 2.24) is 0 Å². The van der Waals surface area contributed by atoms with Gasteiger partial charge in [-0.3, -0.25) is 4.79 Å². The molecule has 0 spiro atoms. The molecule has 0 atom stereocenters. The summed E-state index contributed by atoms with van der Waals surface area (Å²) in [5, 5.41) is 0. The van der Waals surface area contributed by atoms with Crippen LogP contribution in [0.5, 0.6) is 0 Å². The molecule has 0 unspecified atom stereocenters. The second kappa shape index (κ2) is 5.49. The molecular weight excluding hydrogens is 260 g/mol. The molecule has 0 saturated heterocycles. The van der Waals surface area contributed by atoms with Crippen LogP contribution in [-0.2, 0) is 30.8 Å². The molecule has 0 saturated carbocycles. The molecular formula is C8H11F3NiO3. The van der Waals surface area contributed by atoms with Crippen LogP contribution in [0.2, 0.25) is 0 Å². The Morgan fingerprint density at radius 2 is 1.53 bits per heavy atom. The first-order valence-corrected chi connectivity index (χ1v) is 3.84. The van der Waals surface area contributed by atoms with Crippen LogP contribution >= 0.6 is 0 Å². The molecule has 0 bridgehead atoms. The fourth-order valence-electron chi connectivity index (χ4n) is 0.630. The Bertz CT molecular complexity index is 242. The van der Waals surface area contributed by atoms with E-state index in [-0.39, 0.29) is 22.9 Å². The molecule has 0 aromatic rings. The van der Waals surface area contributed by atoms with Crippen molar-refractivity contribution in [3.05, 3.63) is 0 Å². The Labute approximate surface area is 95.3 Å². The van der Waals surface area contributed by atoms with Crippen molar-refractivity contribution in [2.24, 2.45) is 5.41 Å². The molecule has 3 nitrogen and oxygen atoms in total. The number of alkyl halides is 3. The molecule has 0 aromatic carbocycles. The Kier molecular flexibility index (Phi) is 6.16. The minimum Gasteiger partial charge on any atom is -0.386 e. The van der Waals surface area contributed by atoms with Gasteiger partial charge >= 0.3 is 18.1 Å². The summed E-state index contributed by atoms with van der Waals surface area (Å²) in [6.07, 6.45) is -5.36. The van der Waals surface area contributed by atoms with E-state index in [1.807, 2.05) is 0 Å². The maximum absolute atomic E-state index is 11.6. The molecule has 0 aliphatic carbocycles. The van der Waals surface area contributed by atoms with Gasteiger partial charge in [0.15, 0.2) is 0 Å². The molecule has 92 valence electrons. The van der Waals surface area contributed by atoms with Gasteiger partial charge in [0, 0.05) is 16.5 Å². The predicted octanol–water partition coefficient (Wildman–Crippen LogP) is 2.05. The molecule has 15 heavy (non-hydrogen) atoms. The summed E-state index contributed by atoms with van der Waals surface area (Å²) in [5.74, 6) is -3.63. The Balaban J connectivity index is 0. The van der Waals surface area contributed by atoms with E-state index in [4.69, 9.17) is 0 Å². The molecule has 0 aliphatic rings. The zero-order valence-corrected chi connectivity index (χ0v) is 9.37. The molecule has 0 aromatic heterocycles. The van der Waals surface area contributed by atoms with Crippen LogP contribution in [0, 0.1) is 5.41 Å². The monoisotopic (exact) mass is 270 g/mol. The fourth-order valence-corrected chi connectivity index (χ4v) is 0.630. The molecule has 0 rings (SSSR count). The van der Waals surface area contributed by atoms with Gasteiger partial charge < -0.3 is 4.74 Å². The standard InChI is InChI=1S/C8H11F3O3.Ni/c1-7(2,3)4-5(12)14-6(13)8(9,10)11;/h4H2,1-3H3;. The van der Waals surface area contributed by atoms with E-state index in [9.17, 15) is 22.8 Å². The number of rotatable bonds is 1. The van der Waals surface area contributed by atoms with E-state index in [0.717, 1.165) is 0 Å². The molecule has 7 heteroatoms. The van der Waals surface area contributed by atoms with Crippen molar-refractivity contribution in [2.75, 3.05) is 0 Å². The van der Waals surface area contributed by atoms with E-state index in [1.165, 1.54) is 0 Å². The van der Waals surface area contributed by atoms with Crippen LogP contribution < -0.4 is 0 Å². The van der Waals surface area contributed by atoms with Crippen molar-refractivity contribution in [2.45, 2.75) is 33.4 Å². The van der Waals surface area contributed by atoms with Crippen molar-refractivity contribution in [3.8, 4) is 0 Å². The summed E-state index contributed by atoms with van der Waals surface area (Å²) in [5.41, 5.74) is -0.511. The summed E-state index contributed by atoms with van der Waals surface area (Å²) in [7, 11) is 0. The van der Waals surface area contributed by atoms with E-state index in [2.05, 4.69) is 4.74 Å². The van der Waals surface area contributed by atoms with E-state index >= 15 is 0 Å². The summed E-state index contributed by atoms with van der Waals surface area (Å²) < 4.78 is 38.4. The second-order valence-electron chi connectivity index (χ2n) is 4.00. The molecule has 0 fully saturated rings. The third-order valence-electron chi connectivity index (χ3n) is 1.11. The van der Waals surface area contributed by atoms with Gasteiger partial charge in [0.1, 0.15) is 0 Å². The van der Waals surface area contributed by atoms with E-state index in [0.29, 0.717) is 0 Å². The Morgan fingerprint density at radius 3 is 1.80 bits per heavy atom. The molecule has 0 heterocycles. The van der Waals surface area contributed by atoms with Crippen molar-refractivity contribution < 1.29 is 44.0 Å². The van der Waals surface area contributed by atoms with Gasteiger partial charge in [-0.15, -0.1) is 0 Å². The third-order valence-corrected chi connectivity index (χ3v) is 1.11. The van der Waals surface area contributed by atoms with E-state index in [1.54, 1.807) is 20.8 Å². The first-order chi connectivity index (χ1) is 6.02. The predicted molar refractivity (Wildman–Crippen MR) is 41.2 cm³/mol. The topological polar surface area (TPSA) is 43.4 Å². The summed E-state index contributed by atoms with van der Waals surface area (Å²) >= 11 is 0. The van der Waals surface area contributed by atoms with Gasteiger partial charge in [-0.25, -0.2) is 4.79 Å². The maximum atomic E-state index is 11.6. The molecule has 0 N–H and O–H groups in total. The number of carbonyl (C=O) groups is 2. The van der Waals surface area contributed by atoms with Crippen LogP contribution in [0.15, 0.2) is 0 Å². The molecule has 0 radical (unpaired) electrons. The first kappa shape index (κ1) is 16.8. The van der Waals surface area contributed by atoms with Crippen molar-refractivity contribution >= 4 is 11.9 Å². The largest absolute Gasteiger partial charge is 0.491 e. The number of hydrogen-bond acceptors (Lipinski definition) is 3. The van der Waals surface area contributed by atoms with Gasteiger partial charge in [-0.05, 0) is 5.41 Å². The number of ether oxygens (including phenoxy) is 1. The van der Waals surface area contributed by atoms with Gasteiger partial charge in [-0.1, -0.05) is 20.8 Å². The van der Waals surface area contributed by atoms with E-state index < -0.39 is 23.5 Å². The minimum absolute atomic E-state index is 0. The van der Waals surface area contributed by atoms with Crippen LogP contribution in [0.1, 0.15) is 27.2 Å². The smallest absolute Gasteiger partial charge is 0.386 e. The van der Waals surface area contributed by atoms with Gasteiger partial charge in [0.05, 0.1) is 6.42 Å². The Morgan fingerprint density at radius 1 is 1.13 bits per heavy atom. The maximum Gasteiger partial charge on any atom is 0.491 e. The zero-order chi connectivity index (χ0) is 11.6. The van der Waals surface area contributed by atoms with Crippen molar-refractivity contribution in [3.63, 3.8) is 0 Å². The van der Waals surface area contributed by atoms with Crippen LogP contribution in [0.4, 0.5) is 13.2 Å². The first-order valence-electron chi connectivity index (χ1n) is 3.84. The Hall–Kier alpha value is -0.576. The fraction of sp³-hybridized carbons (Fsp3) is 0.750. The SMILES string of the molecule is CC(C)(C)CC(=O)OC(=O)C(F)(F)F.[Ni]. The number of carbonyl (C=O) groups excluding carboxylic acids is 2. The van der Waals surface area contributed by atoms with Crippen molar-refractivity contribution in [1.29, 1.82) is 0 Å². The van der Waals surface area contributed by atoms with Gasteiger partial charge in [0.25, 0.3) is 0 Å². The minimum atomic E-state index is -5.12. The number of hydrogen-bond donors (Lipinski definition) is 0. The van der Waals surface area contributed by atoms with Crippen LogP contribution in [-0.4, -0.2) is 18.1 Å².